The lowest BCUT2D eigenvalue weighted by atomic mass is 10.1. The Morgan fingerprint density at radius 2 is 1.77 bits per heavy atom. The van der Waals surface area contributed by atoms with Crippen LogP contribution in [0.2, 0.25) is 0 Å². The second-order valence-electron chi connectivity index (χ2n) is 6.79. The summed E-state index contributed by atoms with van der Waals surface area (Å²) in [6.45, 7) is 11.1. The van der Waals surface area contributed by atoms with Gasteiger partial charge in [0, 0.05) is 17.3 Å². The Hall–Kier alpha value is -2.75. The number of ether oxygens (including phenoxy) is 2. The van der Waals surface area contributed by atoms with Gasteiger partial charge in [0.1, 0.15) is 18.1 Å². The molecule has 4 heteroatoms. The molecule has 1 N–H and O–H groups in total. The van der Waals surface area contributed by atoms with Gasteiger partial charge >= 0.3 is 0 Å². The van der Waals surface area contributed by atoms with Gasteiger partial charge in [0.05, 0.1) is 6.61 Å². The molecule has 26 heavy (non-hydrogen) atoms. The Bertz CT molecular complexity index is 753. The smallest absolute Gasteiger partial charge is 0.255 e. The molecule has 2 aromatic carbocycles. The third-order valence-electron chi connectivity index (χ3n) is 3.64. The zero-order valence-electron chi connectivity index (χ0n) is 15.7. The average Bonchev–Trinajstić information content (AvgIpc) is 2.60. The van der Waals surface area contributed by atoms with Crippen molar-refractivity contribution in [2.75, 3.05) is 18.5 Å². The molecule has 0 saturated carbocycles. The van der Waals surface area contributed by atoms with Crippen LogP contribution in [0.1, 0.15) is 37.6 Å². The van der Waals surface area contributed by atoms with E-state index in [-0.39, 0.29) is 5.91 Å². The lowest BCUT2D eigenvalue weighted by Gasteiger charge is -2.11. The topological polar surface area (TPSA) is 47.6 Å². The largest absolute Gasteiger partial charge is 0.494 e. The first-order valence-corrected chi connectivity index (χ1v) is 8.85. The normalized spacial score (nSPS) is 10.5. The molecular formula is C22H27NO3. The number of anilines is 1. The van der Waals surface area contributed by atoms with Gasteiger partial charge in [-0.05, 0) is 55.2 Å². The zero-order chi connectivity index (χ0) is 18.9. The molecule has 0 spiro atoms. The van der Waals surface area contributed by atoms with Crippen LogP contribution in [-0.2, 0) is 0 Å². The molecule has 0 aliphatic heterocycles. The first-order chi connectivity index (χ1) is 12.4. The molecule has 2 rings (SSSR count). The lowest BCUT2D eigenvalue weighted by molar-refractivity contribution is 0.102. The molecule has 0 saturated heterocycles. The quantitative estimate of drug-likeness (QED) is 0.621. The molecule has 0 fully saturated rings. The van der Waals surface area contributed by atoms with Crippen molar-refractivity contribution >= 4 is 11.6 Å². The molecule has 2 aromatic rings. The summed E-state index contributed by atoms with van der Waals surface area (Å²) in [5.41, 5.74) is 2.16. The van der Waals surface area contributed by atoms with Gasteiger partial charge in [0.2, 0.25) is 0 Å². The first kappa shape index (κ1) is 19.6. The molecule has 138 valence electrons. The minimum atomic E-state index is -0.190. The molecule has 0 aromatic heterocycles. The fourth-order valence-corrected chi connectivity index (χ4v) is 2.21. The standard InChI is InChI=1S/C22H27NO3/c1-16(2)11-12-25-21-10-6-8-19(14-21)23-22(24)18-7-5-9-20(13-18)26-15-17(3)4/h5-10,13-14,16H,3,11-12,15H2,1-2,4H3,(H,23,24). The van der Waals surface area contributed by atoms with Crippen molar-refractivity contribution in [2.24, 2.45) is 5.92 Å². The summed E-state index contributed by atoms with van der Waals surface area (Å²) in [6, 6.07) is 14.5. The first-order valence-electron chi connectivity index (χ1n) is 8.85. The zero-order valence-corrected chi connectivity index (χ0v) is 15.7. The molecular weight excluding hydrogens is 326 g/mol. The van der Waals surface area contributed by atoms with E-state index in [0.29, 0.717) is 36.1 Å². The number of hydrogen-bond donors (Lipinski definition) is 1. The third-order valence-corrected chi connectivity index (χ3v) is 3.64. The third kappa shape index (κ3) is 6.63. The number of carbonyl (C=O) groups excluding carboxylic acids is 1. The molecule has 0 bridgehead atoms. The van der Waals surface area contributed by atoms with Crippen LogP contribution in [-0.4, -0.2) is 19.1 Å². The maximum absolute atomic E-state index is 12.5. The summed E-state index contributed by atoms with van der Waals surface area (Å²) >= 11 is 0. The SMILES string of the molecule is C=C(C)COc1cccc(C(=O)Nc2cccc(OCCC(C)C)c2)c1. The van der Waals surface area contributed by atoms with Crippen molar-refractivity contribution in [3.05, 3.63) is 66.2 Å². The van der Waals surface area contributed by atoms with E-state index in [0.717, 1.165) is 17.7 Å². The van der Waals surface area contributed by atoms with Crippen molar-refractivity contribution in [1.82, 2.24) is 0 Å². The highest BCUT2D eigenvalue weighted by molar-refractivity contribution is 6.04. The molecule has 0 radical (unpaired) electrons. The van der Waals surface area contributed by atoms with Crippen molar-refractivity contribution in [2.45, 2.75) is 27.2 Å². The van der Waals surface area contributed by atoms with E-state index in [1.165, 1.54) is 0 Å². The van der Waals surface area contributed by atoms with Crippen molar-refractivity contribution in [3.63, 3.8) is 0 Å². The predicted octanol–water partition coefficient (Wildman–Crippen LogP) is 5.32. The van der Waals surface area contributed by atoms with Crippen LogP contribution in [0.15, 0.2) is 60.7 Å². The monoisotopic (exact) mass is 353 g/mol. The van der Waals surface area contributed by atoms with Gasteiger partial charge in [0.15, 0.2) is 0 Å². The molecule has 0 atom stereocenters. The van der Waals surface area contributed by atoms with Gasteiger partial charge in [-0.25, -0.2) is 0 Å². The number of rotatable bonds is 9. The second kappa shape index (κ2) is 9.66. The van der Waals surface area contributed by atoms with Gasteiger partial charge < -0.3 is 14.8 Å². The highest BCUT2D eigenvalue weighted by atomic mass is 16.5. The van der Waals surface area contributed by atoms with E-state index in [1.807, 2.05) is 37.3 Å². The Morgan fingerprint density at radius 1 is 1.08 bits per heavy atom. The van der Waals surface area contributed by atoms with Crippen LogP contribution in [0.25, 0.3) is 0 Å². The van der Waals surface area contributed by atoms with Gasteiger partial charge in [-0.2, -0.15) is 0 Å². The maximum atomic E-state index is 12.5. The maximum Gasteiger partial charge on any atom is 0.255 e. The number of amides is 1. The van der Waals surface area contributed by atoms with Crippen molar-refractivity contribution in [3.8, 4) is 11.5 Å². The second-order valence-corrected chi connectivity index (χ2v) is 6.79. The summed E-state index contributed by atoms with van der Waals surface area (Å²) in [4.78, 5) is 12.5. The van der Waals surface area contributed by atoms with E-state index in [9.17, 15) is 4.79 Å². The number of hydrogen-bond acceptors (Lipinski definition) is 3. The van der Waals surface area contributed by atoms with Crippen LogP contribution < -0.4 is 14.8 Å². The number of carbonyl (C=O) groups is 1. The summed E-state index contributed by atoms with van der Waals surface area (Å²) < 4.78 is 11.3. The Kier molecular flexibility index (Phi) is 7.27. The van der Waals surface area contributed by atoms with Gasteiger partial charge in [-0.1, -0.05) is 32.6 Å². The van der Waals surface area contributed by atoms with Gasteiger partial charge in [-0.3, -0.25) is 4.79 Å². The molecule has 0 unspecified atom stereocenters. The number of benzene rings is 2. The molecule has 0 aliphatic carbocycles. The summed E-state index contributed by atoms with van der Waals surface area (Å²) in [7, 11) is 0. The van der Waals surface area contributed by atoms with Crippen LogP contribution in [0.4, 0.5) is 5.69 Å². The van der Waals surface area contributed by atoms with Crippen LogP contribution >= 0.6 is 0 Å². The molecule has 0 heterocycles. The van der Waals surface area contributed by atoms with Crippen LogP contribution in [0, 0.1) is 5.92 Å². The molecule has 1 amide bonds. The van der Waals surface area contributed by atoms with E-state index in [2.05, 4.69) is 25.7 Å². The Labute approximate surface area is 155 Å². The summed E-state index contributed by atoms with van der Waals surface area (Å²) in [5, 5.41) is 2.90. The van der Waals surface area contributed by atoms with Crippen molar-refractivity contribution in [1.29, 1.82) is 0 Å². The number of nitrogens with one attached hydrogen (secondary N) is 1. The summed E-state index contributed by atoms with van der Waals surface area (Å²) in [6.07, 6.45) is 0.994. The van der Waals surface area contributed by atoms with Gasteiger partial charge in [0.25, 0.3) is 5.91 Å². The van der Waals surface area contributed by atoms with Crippen molar-refractivity contribution < 1.29 is 14.3 Å². The highest BCUT2D eigenvalue weighted by Gasteiger charge is 2.08. The van der Waals surface area contributed by atoms with E-state index in [1.54, 1.807) is 18.2 Å². The van der Waals surface area contributed by atoms with Crippen LogP contribution in [0.3, 0.4) is 0 Å². The summed E-state index contributed by atoms with van der Waals surface area (Å²) in [5.74, 6) is 1.80. The minimum Gasteiger partial charge on any atom is -0.494 e. The predicted molar refractivity (Wildman–Crippen MR) is 106 cm³/mol. The Balaban J connectivity index is 1.98. The lowest BCUT2D eigenvalue weighted by Crippen LogP contribution is -2.12. The molecule has 0 aliphatic rings. The Morgan fingerprint density at radius 3 is 2.46 bits per heavy atom. The highest BCUT2D eigenvalue weighted by Crippen LogP contribution is 2.20. The van der Waals surface area contributed by atoms with E-state index in [4.69, 9.17) is 9.47 Å². The fourth-order valence-electron chi connectivity index (χ4n) is 2.21. The molecule has 4 nitrogen and oxygen atoms in total. The minimum absolute atomic E-state index is 0.190. The van der Waals surface area contributed by atoms with Gasteiger partial charge in [-0.15, -0.1) is 0 Å². The average molecular weight is 353 g/mol. The van der Waals surface area contributed by atoms with E-state index < -0.39 is 0 Å². The van der Waals surface area contributed by atoms with Crippen LogP contribution in [0.5, 0.6) is 11.5 Å². The fraction of sp³-hybridized carbons (Fsp3) is 0.318. The van der Waals surface area contributed by atoms with E-state index >= 15 is 0 Å².